The minimum absolute atomic E-state index is 0.0212. The molecule has 0 heterocycles. The van der Waals surface area contributed by atoms with Crippen LogP contribution in [-0.4, -0.2) is 6.61 Å². The zero-order valence-electron chi connectivity index (χ0n) is 8.57. The molecule has 0 saturated carbocycles. The lowest BCUT2D eigenvalue weighted by Gasteiger charge is -2.11. The molecule has 2 nitrogen and oxygen atoms in total. The lowest BCUT2D eigenvalue weighted by atomic mass is 10.0. The summed E-state index contributed by atoms with van der Waals surface area (Å²) in [4.78, 5) is 0. The van der Waals surface area contributed by atoms with Gasteiger partial charge in [-0.2, -0.15) is 0 Å². The van der Waals surface area contributed by atoms with Gasteiger partial charge in [0.15, 0.2) is 0 Å². The van der Waals surface area contributed by atoms with Crippen LogP contribution < -0.4 is 10.5 Å². The van der Waals surface area contributed by atoms with Gasteiger partial charge in [-0.05, 0) is 31.0 Å². The number of hydrogen-bond acceptors (Lipinski definition) is 2. The van der Waals surface area contributed by atoms with Crippen molar-refractivity contribution in [2.75, 3.05) is 6.61 Å². The molecular formula is C12H17NO. The van der Waals surface area contributed by atoms with Crippen LogP contribution >= 0.6 is 0 Å². The van der Waals surface area contributed by atoms with Gasteiger partial charge in [-0.3, -0.25) is 0 Å². The Kier molecular flexibility index (Phi) is 4.20. The van der Waals surface area contributed by atoms with Gasteiger partial charge < -0.3 is 10.5 Å². The van der Waals surface area contributed by atoms with Crippen molar-refractivity contribution in [3.05, 3.63) is 42.5 Å². The third kappa shape index (κ3) is 2.89. The number of nitrogens with two attached hydrogens (primary N) is 1. The van der Waals surface area contributed by atoms with Crippen molar-refractivity contribution in [3.8, 4) is 5.75 Å². The van der Waals surface area contributed by atoms with Crippen LogP contribution in [0.25, 0.3) is 0 Å². The van der Waals surface area contributed by atoms with E-state index < -0.39 is 0 Å². The summed E-state index contributed by atoms with van der Waals surface area (Å²) in [6, 6.07) is 7.92. The smallest absolute Gasteiger partial charge is 0.119 e. The SMILES string of the molecule is C=CC[C@@H](N)c1cccc(OCC)c1. The predicted octanol–water partition coefficient (Wildman–Crippen LogP) is 2.66. The van der Waals surface area contributed by atoms with Crippen molar-refractivity contribution in [2.45, 2.75) is 19.4 Å². The molecule has 1 aromatic rings. The molecule has 0 unspecified atom stereocenters. The molecule has 2 heteroatoms. The van der Waals surface area contributed by atoms with E-state index in [2.05, 4.69) is 6.58 Å². The second-order valence-electron chi connectivity index (χ2n) is 3.14. The minimum Gasteiger partial charge on any atom is -0.494 e. The standard InChI is InChI=1S/C12H17NO/c1-3-6-12(13)10-7-5-8-11(9-10)14-4-2/h3,5,7-9,12H,1,4,6,13H2,2H3/t12-/m1/s1. The van der Waals surface area contributed by atoms with Crippen molar-refractivity contribution in [2.24, 2.45) is 5.73 Å². The quantitative estimate of drug-likeness (QED) is 0.726. The normalized spacial score (nSPS) is 12.1. The van der Waals surface area contributed by atoms with Crippen LogP contribution in [0.1, 0.15) is 24.9 Å². The van der Waals surface area contributed by atoms with Crippen LogP contribution in [0.5, 0.6) is 5.75 Å². The first-order chi connectivity index (χ1) is 6.77. The fourth-order valence-electron chi connectivity index (χ4n) is 1.32. The lowest BCUT2D eigenvalue weighted by molar-refractivity contribution is 0.339. The van der Waals surface area contributed by atoms with Crippen molar-refractivity contribution in [1.82, 2.24) is 0 Å². The summed E-state index contributed by atoms with van der Waals surface area (Å²) in [5.74, 6) is 0.879. The van der Waals surface area contributed by atoms with E-state index in [1.54, 1.807) is 0 Å². The second-order valence-corrected chi connectivity index (χ2v) is 3.14. The van der Waals surface area contributed by atoms with Gasteiger partial charge in [0.2, 0.25) is 0 Å². The molecule has 0 amide bonds. The molecule has 76 valence electrons. The summed E-state index contributed by atoms with van der Waals surface area (Å²) >= 11 is 0. The van der Waals surface area contributed by atoms with E-state index in [4.69, 9.17) is 10.5 Å². The Hall–Kier alpha value is -1.28. The van der Waals surface area contributed by atoms with Gasteiger partial charge in [0.1, 0.15) is 5.75 Å². The van der Waals surface area contributed by atoms with Crippen LogP contribution in [0.3, 0.4) is 0 Å². The van der Waals surface area contributed by atoms with Gasteiger partial charge in [0.25, 0.3) is 0 Å². The fraction of sp³-hybridized carbons (Fsp3) is 0.333. The van der Waals surface area contributed by atoms with Gasteiger partial charge in [-0.15, -0.1) is 6.58 Å². The number of ether oxygens (including phenoxy) is 1. The van der Waals surface area contributed by atoms with E-state index in [0.29, 0.717) is 6.61 Å². The Balaban J connectivity index is 2.76. The third-order valence-electron chi connectivity index (χ3n) is 2.02. The monoisotopic (exact) mass is 191 g/mol. The molecule has 1 rings (SSSR count). The van der Waals surface area contributed by atoms with Crippen LogP contribution in [0.2, 0.25) is 0 Å². The highest BCUT2D eigenvalue weighted by Gasteiger charge is 2.04. The Morgan fingerprint density at radius 1 is 1.57 bits per heavy atom. The highest BCUT2D eigenvalue weighted by molar-refractivity contribution is 5.30. The van der Waals surface area contributed by atoms with E-state index in [9.17, 15) is 0 Å². The van der Waals surface area contributed by atoms with E-state index in [-0.39, 0.29) is 6.04 Å². The summed E-state index contributed by atoms with van der Waals surface area (Å²) in [5.41, 5.74) is 7.04. The van der Waals surface area contributed by atoms with Gasteiger partial charge in [0.05, 0.1) is 6.61 Å². The van der Waals surface area contributed by atoms with Crippen LogP contribution in [0.15, 0.2) is 36.9 Å². The van der Waals surface area contributed by atoms with E-state index >= 15 is 0 Å². The zero-order chi connectivity index (χ0) is 10.4. The first kappa shape index (κ1) is 10.8. The average Bonchev–Trinajstić information content (AvgIpc) is 2.19. The van der Waals surface area contributed by atoms with Gasteiger partial charge in [0, 0.05) is 6.04 Å². The Morgan fingerprint density at radius 2 is 2.36 bits per heavy atom. The molecule has 0 spiro atoms. The van der Waals surface area contributed by atoms with Crippen LogP contribution in [0.4, 0.5) is 0 Å². The van der Waals surface area contributed by atoms with E-state index in [1.165, 1.54) is 0 Å². The molecule has 0 aliphatic carbocycles. The lowest BCUT2D eigenvalue weighted by Crippen LogP contribution is -2.09. The Bertz CT molecular complexity index is 296. The highest BCUT2D eigenvalue weighted by Crippen LogP contribution is 2.19. The summed E-state index contributed by atoms with van der Waals surface area (Å²) < 4.78 is 5.39. The molecule has 0 bridgehead atoms. The molecule has 0 aromatic heterocycles. The maximum absolute atomic E-state index is 5.94. The molecule has 2 N–H and O–H groups in total. The van der Waals surface area contributed by atoms with Gasteiger partial charge in [-0.1, -0.05) is 18.2 Å². The Labute approximate surface area is 85.4 Å². The number of benzene rings is 1. The highest BCUT2D eigenvalue weighted by atomic mass is 16.5. The summed E-state index contributed by atoms with van der Waals surface area (Å²) in [6.45, 7) is 6.32. The maximum atomic E-state index is 5.94. The number of rotatable bonds is 5. The molecular weight excluding hydrogens is 174 g/mol. The Morgan fingerprint density at radius 3 is 3.00 bits per heavy atom. The third-order valence-corrected chi connectivity index (χ3v) is 2.02. The van der Waals surface area contributed by atoms with Crippen molar-refractivity contribution in [3.63, 3.8) is 0 Å². The summed E-state index contributed by atoms with van der Waals surface area (Å²) in [6.07, 6.45) is 2.62. The van der Waals surface area contributed by atoms with E-state index in [0.717, 1.165) is 17.7 Å². The fourth-order valence-corrected chi connectivity index (χ4v) is 1.32. The predicted molar refractivity (Wildman–Crippen MR) is 59.4 cm³/mol. The van der Waals surface area contributed by atoms with Gasteiger partial charge in [-0.25, -0.2) is 0 Å². The number of hydrogen-bond donors (Lipinski definition) is 1. The molecule has 0 radical (unpaired) electrons. The molecule has 0 aliphatic rings. The molecule has 0 fully saturated rings. The van der Waals surface area contributed by atoms with Crippen LogP contribution in [-0.2, 0) is 0 Å². The van der Waals surface area contributed by atoms with Crippen molar-refractivity contribution in [1.29, 1.82) is 0 Å². The van der Waals surface area contributed by atoms with Gasteiger partial charge >= 0.3 is 0 Å². The molecule has 1 aromatic carbocycles. The summed E-state index contributed by atoms with van der Waals surface area (Å²) in [7, 11) is 0. The maximum Gasteiger partial charge on any atom is 0.119 e. The largest absolute Gasteiger partial charge is 0.494 e. The van der Waals surface area contributed by atoms with Crippen molar-refractivity contribution >= 4 is 0 Å². The minimum atomic E-state index is 0.0212. The molecule has 0 aliphatic heterocycles. The topological polar surface area (TPSA) is 35.2 Å². The first-order valence-electron chi connectivity index (χ1n) is 4.87. The first-order valence-corrected chi connectivity index (χ1v) is 4.87. The van der Waals surface area contributed by atoms with Crippen LogP contribution in [0, 0.1) is 0 Å². The van der Waals surface area contributed by atoms with E-state index in [1.807, 2.05) is 37.3 Å². The second kappa shape index (κ2) is 5.45. The molecule has 1 atom stereocenters. The summed E-state index contributed by atoms with van der Waals surface area (Å²) in [5, 5.41) is 0. The average molecular weight is 191 g/mol. The molecule has 14 heavy (non-hydrogen) atoms. The van der Waals surface area contributed by atoms with Crippen molar-refractivity contribution < 1.29 is 4.74 Å². The molecule has 0 saturated heterocycles. The zero-order valence-corrected chi connectivity index (χ0v) is 8.57.